The van der Waals surface area contributed by atoms with E-state index in [1.165, 1.54) is 19.3 Å². The lowest BCUT2D eigenvalue weighted by molar-refractivity contribution is 0.103. The number of nitrogens with one attached hydrogen (secondary N) is 1. The quantitative estimate of drug-likeness (QED) is 0.681. The third-order valence-electron chi connectivity index (χ3n) is 2.95. The highest BCUT2D eigenvalue weighted by Gasteiger charge is 2.30. The van der Waals surface area contributed by atoms with Crippen LogP contribution in [0.25, 0.3) is 0 Å². The first-order chi connectivity index (χ1) is 5.66. The summed E-state index contributed by atoms with van der Waals surface area (Å²) in [5.41, 5.74) is 0.591. The molecule has 1 N–H and O–H groups in total. The largest absolute Gasteiger partial charge is 0.380 e. The maximum absolute atomic E-state index is 5.15. The Morgan fingerprint density at radius 3 is 2.58 bits per heavy atom. The van der Waals surface area contributed by atoms with Crippen molar-refractivity contribution in [1.82, 2.24) is 5.32 Å². The van der Waals surface area contributed by atoms with E-state index in [-0.39, 0.29) is 0 Å². The van der Waals surface area contributed by atoms with Gasteiger partial charge in [0.1, 0.15) is 0 Å². The average Bonchev–Trinajstić information content (AvgIpc) is 2.01. The zero-order valence-electron chi connectivity index (χ0n) is 8.52. The molecule has 0 aliphatic heterocycles. The summed E-state index contributed by atoms with van der Waals surface area (Å²) < 4.78 is 5.15. The summed E-state index contributed by atoms with van der Waals surface area (Å²) in [6.07, 6.45) is 4.54. The van der Waals surface area contributed by atoms with E-state index in [4.69, 9.17) is 4.74 Å². The summed E-state index contributed by atoms with van der Waals surface area (Å²) in [5.74, 6) is 0. The van der Waals surface area contributed by atoms with E-state index in [2.05, 4.69) is 19.2 Å². The van der Waals surface area contributed by atoms with Gasteiger partial charge >= 0.3 is 0 Å². The molecular formula is C10H21NO. The fraction of sp³-hybridized carbons (Fsp3) is 1.00. The third kappa shape index (κ3) is 2.76. The smallest absolute Gasteiger partial charge is 0.0667 e. The van der Waals surface area contributed by atoms with E-state index in [0.717, 1.165) is 13.1 Å². The van der Waals surface area contributed by atoms with Crippen LogP contribution in [0.15, 0.2) is 0 Å². The van der Waals surface area contributed by atoms with E-state index in [1.807, 2.05) is 0 Å². The van der Waals surface area contributed by atoms with Gasteiger partial charge in [-0.25, -0.2) is 0 Å². The lowest BCUT2D eigenvalue weighted by atomic mass is 9.70. The lowest BCUT2D eigenvalue weighted by Gasteiger charge is -2.38. The molecule has 0 bridgehead atoms. The normalized spacial score (nSPS) is 23.2. The molecule has 0 aromatic rings. The van der Waals surface area contributed by atoms with Crippen LogP contribution in [0.2, 0.25) is 0 Å². The predicted octanol–water partition coefficient (Wildman–Crippen LogP) is 1.80. The number of ether oxygens (including phenoxy) is 1. The molecule has 1 atom stereocenters. The maximum Gasteiger partial charge on any atom is 0.0667 e. The molecule has 1 rings (SSSR count). The van der Waals surface area contributed by atoms with Crippen LogP contribution in [-0.2, 0) is 4.74 Å². The minimum atomic E-state index is 0.341. The molecular weight excluding hydrogens is 150 g/mol. The van der Waals surface area contributed by atoms with Crippen LogP contribution in [0.3, 0.4) is 0 Å². The van der Waals surface area contributed by atoms with Crippen LogP contribution in [0.5, 0.6) is 0 Å². The van der Waals surface area contributed by atoms with Crippen molar-refractivity contribution in [1.29, 1.82) is 0 Å². The maximum atomic E-state index is 5.15. The first-order valence-corrected chi connectivity index (χ1v) is 4.90. The van der Waals surface area contributed by atoms with Gasteiger partial charge in [0.25, 0.3) is 0 Å². The van der Waals surface area contributed by atoms with Crippen molar-refractivity contribution in [3.63, 3.8) is 0 Å². The van der Waals surface area contributed by atoms with Crippen molar-refractivity contribution in [3.8, 4) is 0 Å². The fourth-order valence-corrected chi connectivity index (χ4v) is 1.62. The molecule has 0 saturated heterocycles. The SMILES string of the molecule is COC(C)CNCC1(C)CCC1. The molecule has 1 saturated carbocycles. The molecule has 1 fully saturated rings. The first-order valence-electron chi connectivity index (χ1n) is 4.90. The molecule has 0 amide bonds. The Hall–Kier alpha value is -0.0800. The summed E-state index contributed by atoms with van der Waals surface area (Å²) in [5, 5.41) is 3.45. The highest BCUT2D eigenvalue weighted by Crippen LogP contribution is 2.39. The molecule has 72 valence electrons. The topological polar surface area (TPSA) is 21.3 Å². The van der Waals surface area contributed by atoms with Gasteiger partial charge in [0.15, 0.2) is 0 Å². The van der Waals surface area contributed by atoms with E-state index >= 15 is 0 Å². The Kier molecular flexibility index (Phi) is 3.53. The number of hydrogen-bond acceptors (Lipinski definition) is 2. The second kappa shape index (κ2) is 4.24. The average molecular weight is 171 g/mol. The van der Waals surface area contributed by atoms with Crippen LogP contribution >= 0.6 is 0 Å². The molecule has 2 heteroatoms. The zero-order chi connectivity index (χ0) is 9.03. The highest BCUT2D eigenvalue weighted by atomic mass is 16.5. The van der Waals surface area contributed by atoms with Crippen LogP contribution < -0.4 is 5.32 Å². The third-order valence-corrected chi connectivity index (χ3v) is 2.95. The Labute approximate surface area is 75.7 Å². The van der Waals surface area contributed by atoms with Crippen molar-refractivity contribution in [2.24, 2.45) is 5.41 Å². The van der Waals surface area contributed by atoms with Crippen molar-refractivity contribution in [3.05, 3.63) is 0 Å². The second-order valence-corrected chi connectivity index (χ2v) is 4.34. The second-order valence-electron chi connectivity index (χ2n) is 4.34. The molecule has 0 radical (unpaired) electrons. The summed E-state index contributed by atoms with van der Waals surface area (Å²) in [7, 11) is 1.76. The van der Waals surface area contributed by atoms with E-state index < -0.39 is 0 Å². The predicted molar refractivity (Wildman–Crippen MR) is 51.3 cm³/mol. The molecule has 1 aliphatic rings. The van der Waals surface area contributed by atoms with Gasteiger partial charge in [-0.3, -0.25) is 0 Å². The van der Waals surface area contributed by atoms with E-state index in [9.17, 15) is 0 Å². The highest BCUT2D eigenvalue weighted by molar-refractivity contribution is 4.85. The van der Waals surface area contributed by atoms with E-state index in [1.54, 1.807) is 7.11 Å². The summed E-state index contributed by atoms with van der Waals surface area (Å²) in [6.45, 7) is 6.59. The van der Waals surface area contributed by atoms with Crippen LogP contribution in [0, 0.1) is 5.41 Å². The van der Waals surface area contributed by atoms with Gasteiger partial charge in [-0.1, -0.05) is 13.3 Å². The van der Waals surface area contributed by atoms with Crippen molar-refractivity contribution < 1.29 is 4.74 Å². The minimum absolute atomic E-state index is 0.341. The van der Waals surface area contributed by atoms with Gasteiger partial charge in [-0.15, -0.1) is 0 Å². The molecule has 0 aromatic heterocycles. The van der Waals surface area contributed by atoms with Gasteiger partial charge in [0, 0.05) is 20.2 Å². The first kappa shape index (κ1) is 10.0. The zero-order valence-corrected chi connectivity index (χ0v) is 8.52. The Morgan fingerprint density at radius 2 is 2.17 bits per heavy atom. The summed E-state index contributed by atoms with van der Waals surface area (Å²) in [6, 6.07) is 0. The van der Waals surface area contributed by atoms with Crippen molar-refractivity contribution in [2.45, 2.75) is 39.2 Å². The Morgan fingerprint density at radius 1 is 1.50 bits per heavy atom. The summed E-state index contributed by atoms with van der Waals surface area (Å²) in [4.78, 5) is 0. The molecule has 0 spiro atoms. The standard InChI is InChI=1S/C10H21NO/c1-9(12-3)7-11-8-10(2)5-4-6-10/h9,11H,4-8H2,1-3H3. The van der Waals surface area contributed by atoms with Crippen molar-refractivity contribution >= 4 is 0 Å². The Bertz CT molecular complexity index is 132. The number of hydrogen-bond donors (Lipinski definition) is 1. The molecule has 0 aromatic carbocycles. The van der Waals surface area contributed by atoms with Gasteiger partial charge in [-0.2, -0.15) is 0 Å². The number of rotatable bonds is 5. The number of methoxy groups -OCH3 is 1. The molecule has 12 heavy (non-hydrogen) atoms. The van der Waals surface area contributed by atoms with Crippen LogP contribution in [-0.4, -0.2) is 26.3 Å². The van der Waals surface area contributed by atoms with E-state index in [0.29, 0.717) is 11.5 Å². The minimum Gasteiger partial charge on any atom is -0.380 e. The molecule has 1 aliphatic carbocycles. The molecule has 2 nitrogen and oxygen atoms in total. The van der Waals surface area contributed by atoms with Gasteiger partial charge in [0.05, 0.1) is 6.10 Å². The van der Waals surface area contributed by atoms with Gasteiger partial charge < -0.3 is 10.1 Å². The van der Waals surface area contributed by atoms with Gasteiger partial charge in [0.2, 0.25) is 0 Å². The summed E-state index contributed by atoms with van der Waals surface area (Å²) >= 11 is 0. The van der Waals surface area contributed by atoms with Crippen LogP contribution in [0.4, 0.5) is 0 Å². The lowest BCUT2D eigenvalue weighted by Crippen LogP contribution is -2.39. The fourth-order valence-electron chi connectivity index (χ4n) is 1.62. The van der Waals surface area contributed by atoms with Crippen LogP contribution in [0.1, 0.15) is 33.1 Å². The van der Waals surface area contributed by atoms with Gasteiger partial charge in [-0.05, 0) is 25.2 Å². The molecule has 1 unspecified atom stereocenters. The Balaban J connectivity index is 2.01. The molecule has 0 heterocycles. The van der Waals surface area contributed by atoms with Crippen molar-refractivity contribution in [2.75, 3.05) is 20.2 Å². The monoisotopic (exact) mass is 171 g/mol.